The van der Waals surface area contributed by atoms with E-state index < -0.39 is 5.97 Å². The van der Waals surface area contributed by atoms with Gasteiger partial charge in [-0.15, -0.1) is 0 Å². The van der Waals surface area contributed by atoms with Crippen LogP contribution in [-0.4, -0.2) is 17.0 Å². The number of benzene rings is 1. The Morgan fingerprint density at radius 2 is 1.83 bits per heavy atom. The lowest BCUT2D eigenvalue weighted by molar-refractivity contribution is 0.0694. The van der Waals surface area contributed by atoms with Crippen molar-refractivity contribution in [1.82, 2.24) is 5.32 Å². The van der Waals surface area contributed by atoms with Crippen LogP contribution in [0.5, 0.6) is 0 Å². The summed E-state index contributed by atoms with van der Waals surface area (Å²) in [6, 6.07) is 8.89. The van der Waals surface area contributed by atoms with Gasteiger partial charge in [0.05, 0.1) is 6.54 Å². The Kier molecular flexibility index (Phi) is 4.59. The molecule has 0 atom stereocenters. The molecule has 5 heteroatoms. The molecule has 1 aromatic carbocycles. The first-order valence-electron chi connectivity index (χ1n) is 7.40. The molecule has 1 aromatic heterocycles. The first kappa shape index (κ1) is 16.8. The van der Waals surface area contributed by atoms with Crippen molar-refractivity contribution in [3.63, 3.8) is 0 Å². The summed E-state index contributed by atoms with van der Waals surface area (Å²) in [6.07, 6.45) is 0. The van der Waals surface area contributed by atoms with Crippen LogP contribution in [0.15, 0.2) is 34.7 Å². The van der Waals surface area contributed by atoms with Crippen molar-refractivity contribution < 1.29 is 19.1 Å². The van der Waals surface area contributed by atoms with E-state index in [1.165, 1.54) is 6.07 Å². The summed E-state index contributed by atoms with van der Waals surface area (Å²) in [5.41, 5.74) is 1.54. The van der Waals surface area contributed by atoms with E-state index in [1.54, 1.807) is 13.0 Å². The van der Waals surface area contributed by atoms with Crippen LogP contribution in [-0.2, 0) is 12.0 Å². The Balaban J connectivity index is 2.15. The highest BCUT2D eigenvalue weighted by molar-refractivity contribution is 5.96. The lowest BCUT2D eigenvalue weighted by Gasteiger charge is -2.22. The second-order valence-corrected chi connectivity index (χ2v) is 6.47. The van der Waals surface area contributed by atoms with E-state index in [2.05, 4.69) is 5.32 Å². The van der Waals surface area contributed by atoms with Gasteiger partial charge < -0.3 is 14.8 Å². The molecule has 0 aliphatic heterocycles. The third kappa shape index (κ3) is 3.80. The number of carbonyl (C=O) groups is 2. The van der Waals surface area contributed by atoms with E-state index in [9.17, 15) is 9.59 Å². The zero-order chi connectivity index (χ0) is 17.2. The van der Waals surface area contributed by atoms with Gasteiger partial charge in [0, 0.05) is 5.56 Å². The number of carboxylic acids is 1. The summed E-state index contributed by atoms with van der Waals surface area (Å²) < 4.78 is 5.36. The van der Waals surface area contributed by atoms with Gasteiger partial charge in [-0.3, -0.25) is 4.79 Å². The van der Waals surface area contributed by atoms with Gasteiger partial charge in [0.15, 0.2) is 0 Å². The molecule has 0 fully saturated rings. The minimum atomic E-state index is -1.04. The van der Waals surface area contributed by atoms with Gasteiger partial charge >= 0.3 is 5.97 Å². The van der Waals surface area contributed by atoms with Crippen molar-refractivity contribution >= 4 is 11.9 Å². The molecule has 1 heterocycles. The summed E-state index contributed by atoms with van der Waals surface area (Å²) in [4.78, 5) is 23.4. The molecule has 5 nitrogen and oxygen atoms in total. The normalized spacial score (nSPS) is 11.3. The van der Waals surface area contributed by atoms with Crippen LogP contribution >= 0.6 is 0 Å². The number of aryl methyl sites for hydroxylation is 1. The molecule has 1 amide bonds. The van der Waals surface area contributed by atoms with E-state index >= 15 is 0 Å². The molecule has 0 radical (unpaired) electrons. The van der Waals surface area contributed by atoms with Crippen molar-refractivity contribution in [2.24, 2.45) is 0 Å². The van der Waals surface area contributed by atoms with Gasteiger partial charge in [0.1, 0.15) is 17.1 Å². The number of hydrogen-bond donors (Lipinski definition) is 2. The number of carbonyl (C=O) groups excluding carboxylic acids is 1. The molecule has 0 aliphatic rings. The van der Waals surface area contributed by atoms with Crippen LogP contribution in [0.4, 0.5) is 0 Å². The Labute approximate surface area is 135 Å². The molecule has 0 saturated carbocycles. The van der Waals surface area contributed by atoms with Crippen molar-refractivity contribution in [2.75, 3.05) is 0 Å². The van der Waals surface area contributed by atoms with Crippen molar-refractivity contribution in [3.8, 4) is 0 Å². The summed E-state index contributed by atoms with van der Waals surface area (Å²) in [5, 5.41) is 11.8. The number of furan rings is 1. The highest BCUT2D eigenvalue weighted by Gasteiger charge is 2.21. The predicted octanol–water partition coefficient (Wildman–Crippen LogP) is 3.51. The fraction of sp³-hybridized carbons (Fsp3) is 0.333. The highest BCUT2D eigenvalue weighted by atomic mass is 16.4. The van der Waals surface area contributed by atoms with Crippen molar-refractivity contribution in [2.45, 2.75) is 39.7 Å². The largest absolute Gasteiger partial charge is 0.478 e. The van der Waals surface area contributed by atoms with Crippen LogP contribution in [0, 0.1) is 6.92 Å². The zero-order valence-electron chi connectivity index (χ0n) is 13.8. The van der Waals surface area contributed by atoms with Crippen LogP contribution < -0.4 is 5.32 Å². The number of aromatic carboxylic acids is 1. The molecule has 0 spiro atoms. The molecular weight excluding hydrogens is 294 g/mol. The number of hydrogen-bond acceptors (Lipinski definition) is 3. The fourth-order valence-electron chi connectivity index (χ4n) is 2.44. The predicted molar refractivity (Wildman–Crippen MR) is 86.7 cm³/mol. The quantitative estimate of drug-likeness (QED) is 0.905. The number of carboxylic acid groups (broad SMARTS) is 1. The maximum absolute atomic E-state index is 12.4. The van der Waals surface area contributed by atoms with E-state index in [4.69, 9.17) is 9.52 Å². The minimum absolute atomic E-state index is 0.115. The minimum Gasteiger partial charge on any atom is -0.478 e. The van der Waals surface area contributed by atoms with Crippen LogP contribution in [0.1, 0.15) is 58.6 Å². The van der Waals surface area contributed by atoms with Gasteiger partial charge in [0.25, 0.3) is 5.91 Å². The molecule has 0 unspecified atom stereocenters. The Bertz CT molecular complexity index is 738. The summed E-state index contributed by atoms with van der Waals surface area (Å²) in [6.45, 7) is 7.88. The summed E-state index contributed by atoms with van der Waals surface area (Å²) in [5.74, 6) is -0.498. The second-order valence-electron chi connectivity index (χ2n) is 6.47. The Morgan fingerprint density at radius 1 is 1.17 bits per heavy atom. The lowest BCUT2D eigenvalue weighted by atomic mass is 9.83. The number of amides is 1. The topological polar surface area (TPSA) is 79.5 Å². The average molecular weight is 315 g/mol. The third-order valence-corrected chi connectivity index (χ3v) is 3.60. The molecule has 0 aliphatic carbocycles. The summed E-state index contributed by atoms with van der Waals surface area (Å²) in [7, 11) is 0. The SMILES string of the molecule is Cc1oc(CNC(=O)c2ccccc2C(C)(C)C)cc1C(=O)O. The Morgan fingerprint density at radius 3 is 2.39 bits per heavy atom. The first-order valence-corrected chi connectivity index (χ1v) is 7.40. The maximum atomic E-state index is 12.4. The molecule has 0 bridgehead atoms. The van der Waals surface area contributed by atoms with Crippen LogP contribution in [0.25, 0.3) is 0 Å². The monoisotopic (exact) mass is 315 g/mol. The van der Waals surface area contributed by atoms with E-state index in [0.29, 0.717) is 17.1 Å². The molecule has 2 N–H and O–H groups in total. The standard InChI is InChI=1S/C18H21NO4/c1-11-14(17(21)22)9-12(23-11)10-19-16(20)13-7-5-6-8-15(13)18(2,3)4/h5-9H,10H2,1-4H3,(H,19,20)(H,21,22). The van der Waals surface area contributed by atoms with Gasteiger partial charge in [-0.1, -0.05) is 39.0 Å². The average Bonchev–Trinajstić information content (AvgIpc) is 2.85. The summed E-state index contributed by atoms with van der Waals surface area (Å²) >= 11 is 0. The van der Waals surface area contributed by atoms with Crippen LogP contribution in [0.3, 0.4) is 0 Å². The Hall–Kier alpha value is -2.56. The van der Waals surface area contributed by atoms with Crippen LogP contribution in [0.2, 0.25) is 0 Å². The fourth-order valence-corrected chi connectivity index (χ4v) is 2.44. The van der Waals surface area contributed by atoms with Gasteiger partial charge in [-0.25, -0.2) is 4.79 Å². The molecule has 23 heavy (non-hydrogen) atoms. The second kappa shape index (κ2) is 6.28. The molecule has 122 valence electrons. The third-order valence-electron chi connectivity index (χ3n) is 3.60. The highest BCUT2D eigenvalue weighted by Crippen LogP contribution is 2.25. The van der Waals surface area contributed by atoms with Crippen molar-refractivity contribution in [3.05, 3.63) is 58.5 Å². The van der Waals surface area contributed by atoms with Gasteiger partial charge in [-0.2, -0.15) is 0 Å². The van der Waals surface area contributed by atoms with E-state index in [0.717, 1.165) is 5.56 Å². The first-order chi connectivity index (χ1) is 10.7. The zero-order valence-corrected chi connectivity index (χ0v) is 13.8. The van der Waals surface area contributed by atoms with Crippen molar-refractivity contribution in [1.29, 1.82) is 0 Å². The van der Waals surface area contributed by atoms with Gasteiger partial charge in [0.2, 0.25) is 0 Å². The molecule has 0 saturated heterocycles. The molecule has 2 aromatic rings. The van der Waals surface area contributed by atoms with E-state index in [-0.39, 0.29) is 23.4 Å². The van der Waals surface area contributed by atoms with E-state index in [1.807, 2.05) is 39.0 Å². The van der Waals surface area contributed by atoms with Gasteiger partial charge in [-0.05, 0) is 30.0 Å². The smallest absolute Gasteiger partial charge is 0.339 e. The molecular formula is C18H21NO4. The lowest BCUT2D eigenvalue weighted by Crippen LogP contribution is -2.26. The molecule has 2 rings (SSSR count). The number of rotatable bonds is 4. The number of nitrogens with one attached hydrogen (secondary N) is 1. The maximum Gasteiger partial charge on any atom is 0.339 e.